The second kappa shape index (κ2) is 15.4. The number of thioether (sulfide) groups is 1. The summed E-state index contributed by atoms with van der Waals surface area (Å²) in [5, 5.41) is 8.10. The Hall–Kier alpha value is -7.65. The van der Waals surface area contributed by atoms with Crippen LogP contribution in [0.25, 0.3) is 82.8 Å². The molecule has 7 heteroatoms. The smallest absolute Gasteiger partial charge is 0.251 e. The van der Waals surface area contributed by atoms with Crippen molar-refractivity contribution in [3.05, 3.63) is 241 Å². The number of hydrogen-bond acceptors (Lipinski definition) is 6. The monoisotopic (exact) mass is 998 g/mol. The molecule has 2 nitrogen and oxygen atoms in total. The lowest BCUT2D eigenvalue weighted by Gasteiger charge is -2.48. The Labute approximate surface area is 438 Å². The summed E-state index contributed by atoms with van der Waals surface area (Å²) in [4.78, 5) is 6.83. The third-order valence-electron chi connectivity index (χ3n) is 16.0. The number of benzene rings is 10. The Balaban J connectivity index is 1.04. The van der Waals surface area contributed by atoms with E-state index < -0.39 is 0 Å². The van der Waals surface area contributed by atoms with Crippen molar-refractivity contribution in [3.8, 4) is 22.3 Å². The minimum Gasteiger partial charge on any atom is -0.314 e. The van der Waals surface area contributed by atoms with E-state index in [9.17, 15) is 0 Å². The van der Waals surface area contributed by atoms with Crippen LogP contribution in [0.2, 0.25) is 0 Å². The second-order valence-corrected chi connectivity index (χ2v) is 24.2. The van der Waals surface area contributed by atoms with Gasteiger partial charge in [0.05, 0.1) is 17.1 Å². The molecule has 17 rings (SSSR count). The Morgan fingerprint density at radius 2 is 0.959 bits per heavy atom. The van der Waals surface area contributed by atoms with Crippen molar-refractivity contribution in [1.29, 1.82) is 0 Å². The molecule has 0 bridgehead atoms. The van der Waals surface area contributed by atoms with Gasteiger partial charge in [0, 0.05) is 105 Å². The molecule has 2 atom stereocenters. The van der Waals surface area contributed by atoms with Crippen LogP contribution in [0.3, 0.4) is 0 Å². The largest absolute Gasteiger partial charge is 0.314 e. The van der Waals surface area contributed by atoms with Crippen molar-refractivity contribution in [2.24, 2.45) is 0 Å². The molecule has 340 valence electrons. The van der Waals surface area contributed by atoms with Gasteiger partial charge in [0.25, 0.3) is 6.71 Å². The standard InChI is InChI=1S/C66H39BN2S4/c1-3-16-38(17-4-1)44-36-60-46(40-20-7-11-26-54(40)72-60)34-52(44)68-50-24-15-25-51-64(50)67(48-30-32-58-62(65(48)68)42-22-9-13-28-56(42)70-58)49-31-33-59-63(43-23-10-14-29-57(43)71-59)66(49)69(51)53-35-47-41-21-8-12-27-55(41)73-61(47)37-45(53)39-18-5-2-6-19-39/h1-37,58,62H. The first-order chi connectivity index (χ1) is 36.2. The lowest BCUT2D eigenvalue weighted by atomic mass is 9.32. The van der Waals surface area contributed by atoms with Crippen molar-refractivity contribution in [2.45, 2.75) is 16.1 Å². The molecule has 10 aromatic carbocycles. The SMILES string of the molecule is C1=CC2Sc3ccccc3C2C2=C1B1c3ccc4sc5ccccc5c4c3N(c3cc4c(cc3-c3ccccc3)sc3ccccc34)c3cccc(c31)N2c1cc2c(cc1-c1ccccc1)sc1ccccc12. The Kier molecular flexibility index (Phi) is 8.65. The van der Waals surface area contributed by atoms with E-state index in [1.165, 1.54) is 144 Å². The van der Waals surface area contributed by atoms with Gasteiger partial charge in [-0.15, -0.1) is 45.8 Å². The van der Waals surface area contributed by atoms with Crippen molar-refractivity contribution in [3.63, 3.8) is 0 Å². The summed E-state index contributed by atoms with van der Waals surface area (Å²) in [5.74, 6) is 0.141. The van der Waals surface area contributed by atoms with Crippen LogP contribution in [0.15, 0.2) is 241 Å². The van der Waals surface area contributed by atoms with Gasteiger partial charge in [-0.05, 0) is 99.8 Å². The molecule has 0 N–H and O–H groups in total. The zero-order valence-corrected chi connectivity index (χ0v) is 42.4. The molecule has 0 spiro atoms. The van der Waals surface area contributed by atoms with Crippen LogP contribution < -0.4 is 20.7 Å². The van der Waals surface area contributed by atoms with Gasteiger partial charge in [0.2, 0.25) is 0 Å². The Morgan fingerprint density at radius 1 is 0.411 bits per heavy atom. The molecule has 1 aliphatic carbocycles. The number of thiophene rings is 3. The van der Waals surface area contributed by atoms with Crippen molar-refractivity contribution in [2.75, 3.05) is 9.80 Å². The number of hydrogen-bond donors (Lipinski definition) is 0. The van der Waals surface area contributed by atoms with Crippen LogP contribution in [0.4, 0.5) is 28.4 Å². The second-order valence-electron chi connectivity index (χ2n) is 19.7. The van der Waals surface area contributed by atoms with E-state index in [2.05, 4.69) is 234 Å². The summed E-state index contributed by atoms with van der Waals surface area (Å²) >= 11 is 7.73. The highest BCUT2D eigenvalue weighted by molar-refractivity contribution is 8.00. The van der Waals surface area contributed by atoms with Gasteiger partial charge in [0.1, 0.15) is 0 Å². The van der Waals surface area contributed by atoms with Crippen LogP contribution in [0.1, 0.15) is 11.5 Å². The summed E-state index contributed by atoms with van der Waals surface area (Å²) in [6, 6.07) is 80.7. The van der Waals surface area contributed by atoms with E-state index in [1.54, 1.807) is 0 Å². The first-order valence-corrected chi connectivity index (χ1v) is 28.4. The van der Waals surface area contributed by atoms with E-state index in [-0.39, 0.29) is 17.9 Å². The summed E-state index contributed by atoms with van der Waals surface area (Å²) in [6.45, 7) is -0.0292. The van der Waals surface area contributed by atoms with Crippen molar-refractivity contribution < 1.29 is 0 Å². The topological polar surface area (TPSA) is 6.48 Å². The van der Waals surface area contributed by atoms with Crippen LogP contribution in [-0.2, 0) is 0 Å². The number of fused-ring (bicyclic) bond motifs is 17. The average molecular weight is 999 g/mol. The fraction of sp³-hybridized carbons (Fsp3) is 0.0303. The molecule has 13 aromatic rings. The molecule has 3 aromatic heterocycles. The summed E-state index contributed by atoms with van der Waals surface area (Å²) < 4.78 is 7.86. The highest BCUT2D eigenvalue weighted by Gasteiger charge is 2.50. The lowest BCUT2D eigenvalue weighted by Crippen LogP contribution is -2.57. The average Bonchev–Trinajstić information content (AvgIpc) is 4.23. The molecule has 0 saturated carbocycles. The Bertz CT molecular complexity index is 4580. The zero-order valence-electron chi connectivity index (χ0n) is 39.1. The summed E-state index contributed by atoms with van der Waals surface area (Å²) in [7, 11) is 0. The molecule has 0 radical (unpaired) electrons. The maximum Gasteiger partial charge on any atom is 0.251 e. The van der Waals surface area contributed by atoms with Gasteiger partial charge >= 0.3 is 0 Å². The van der Waals surface area contributed by atoms with Crippen LogP contribution >= 0.6 is 45.8 Å². The first-order valence-electron chi connectivity index (χ1n) is 25.1. The normalized spacial score (nSPS) is 16.5. The van der Waals surface area contributed by atoms with E-state index in [0.29, 0.717) is 0 Å². The molecule has 4 aliphatic rings. The molecule has 6 heterocycles. The fourth-order valence-electron chi connectivity index (χ4n) is 13.0. The number of nitrogens with zero attached hydrogens (tertiary/aromatic N) is 2. The minimum atomic E-state index is -0.0292. The minimum absolute atomic E-state index is 0.0292. The maximum atomic E-state index is 2.75. The van der Waals surface area contributed by atoms with Gasteiger partial charge in [0.15, 0.2) is 0 Å². The van der Waals surface area contributed by atoms with Gasteiger partial charge in [-0.25, -0.2) is 0 Å². The summed E-state index contributed by atoms with van der Waals surface area (Å²) in [6.07, 6.45) is 5.09. The van der Waals surface area contributed by atoms with E-state index >= 15 is 0 Å². The third-order valence-corrected chi connectivity index (χ3v) is 20.7. The molecule has 73 heavy (non-hydrogen) atoms. The van der Waals surface area contributed by atoms with Gasteiger partial charge < -0.3 is 9.80 Å². The van der Waals surface area contributed by atoms with Crippen molar-refractivity contribution in [1.82, 2.24) is 0 Å². The molecule has 2 unspecified atom stereocenters. The van der Waals surface area contributed by atoms with E-state index in [1.807, 2.05) is 45.8 Å². The third kappa shape index (κ3) is 5.76. The quantitative estimate of drug-likeness (QED) is 0.162. The number of anilines is 5. The molecule has 0 amide bonds. The molecule has 3 aliphatic heterocycles. The van der Waals surface area contributed by atoms with E-state index in [4.69, 9.17) is 0 Å². The van der Waals surface area contributed by atoms with Gasteiger partial charge in [-0.1, -0.05) is 158 Å². The fourth-order valence-corrected chi connectivity index (χ4v) is 17.7. The predicted octanol–water partition coefficient (Wildman–Crippen LogP) is 18.3. The lowest BCUT2D eigenvalue weighted by molar-refractivity contribution is 0.790. The maximum absolute atomic E-state index is 2.75. The molecular weight excluding hydrogens is 960 g/mol. The molecule has 0 saturated heterocycles. The van der Waals surface area contributed by atoms with Crippen LogP contribution in [0.5, 0.6) is 0 Å². The first kappa shape index (κ1) is 40.9. The number of allylic oxidation sites excluding steroid dienone is 3. The number of rotatable bonds is 4. The van der Waals surface area contributed by atoms with E-state index in [0.717, 1.165) is 0 Å². The predicted molar refractivity (Wildman–Crippen MR) is 319 cm³/mol. The van der Waals surface area contributed by atoms with Crippen molar-refractivity contribution >= 4 is 152 Å². The highest BCUT2D eigenvalue weighted by atomic mass is 32.2. The Morgan fingerprint density at radius 3 is 1.63 bits per heavy atom. The molecular formula is C66H39BN2S4. The summed E-state index contributed by atoms with van der Waals surface area (Å²) in [5.41, 5.74) is 18.0. The molecule has 0 fully saturated rings. The zero-order chi connectivity index (χ0) is 47.5. The van der Waals surface area contributed by atoms with Crippen LogP contribution in [-0.4, -0.2) is 12.0 Å². The highest BCUT2D eigenvalue weighted by Crippen LogP contribution is 2.59. The van der Waals surface area contributed by atoms with Gasteiger partial charge in [-0.3, -0.25) is 0 Å². The van der Waals surface area contributed by atoms with Crippen LogP contribution in [0, 0.1) is 0 Å². The van der Waals surface area contributed by atoms with Gasteiger partial charge in [-0.2, -0.15) is 0 Å².